The quantitative estimate of drug-likeness (QED) is 0.436. The summed E-state index contributed by atoms with van der Waals surface area (Å²) < 4.78 is 4.87. The Hall–Kier alpha value is -0.990. The van der Waals surface area contributed by atoms with Crippen molar-refractivity contribution in [1.82, 2.24) is 0 Å². The standard InChI is InChI=1S/C7H13NO2/c1-7(2,3)10-6(9)4-5-8/h4-5H,8H2,1-3H3. The number of hydrogen-bond acceptors (Lipinski definition) is 3. The first kappa shape index (κ1) is 9.01. The van der Waals surface area contributed by atoms with Crippen LogP contribution in [0.5, 0.6) is 0 Å². The molecule has 0 aliphatic rings. The van der Waals surface area contributed by atoms with Gasteiger partial charge in [0.15, 0.2) is 0 Å². The molecule has 0 aromatic rings. The number of rotatable bonds is 1. The molecule has 0 spiro atoms. The normalized spacial score (nSPS) is 11.9. The molecular weight excluding hydrogens is 130 g/mol. The second-order valence-corrected chi connectivity index (χ2v) is 2.89. The van der Waals surface area contributed by atoms with Gasteiger partial charge in [-0.05, 0) is 20.8 Å². The largest absolute Gasteiger partial charge is 0.457 e. The summed E-state index contributed by atoms with van der Waals surface area (Å²) in [6.45, 7) is 5.40. The molecule has 0 saturated carbocycles. The molecule has 0 saturated heterocycles. The lowest BCUT2D eigenvalue weighted by Crippen LogP contribution is -2.22. The summed E-state index contributed by atoms with van der Waals surface area (Å²) in [4.78, 5) is 10.7. The molecule has 2 N–H and O–H groups in total. The van der Waals surface area contributed by atoms with Gasteiger partial charge in [-0.3, -0.25) is 0 Å². The molecule has 0 unspecified atom stereocenters. The summed E-state index contributed by atoms with van der Waals surface area (Å²) in [5.41, 5.74) is 4.53. The maximum absolute atomic E-state index is 10.7. The Kier molecular flexibility index (Phi) is 2.93. The predicted molar refractivity (Wildman–Crippen MR) is 39.2 cm³/mol. The Morgan fingerprint density at radius 2 is 2.00 bits per heavy atom. The fourth-order valence-electron chi connectivity index (χ4n) is 0.414. The Balaban J connectivity index is 3.81. The second-order valence-electron chi connectivity index (χ2n) is 2.89. The lowest BCUT2D eigenvalue weighted by Gasteiger charge is -2.17. The molecule has 0 rings (SSSR count). The topological polar surface area (TPSA) is 52.3 Å². The summed E-state index contributed by atoms with van der Waals surface area (Å²) in [7, 11) is 0. The number of carbonyl (C=O) groups excluding carboxylic acids is 1. The molecule has 0 bridgehead atoms. The van der Waals surface area contributed by atoms with Gasteiger partial charge in [0.1, 0.15) is 5.60 Å². The summed E-state index contributed by atoms with van der Waals surface area (Å²) in [6.07, 6.45) is 2.35. The van der Waals surface area contributed by atoms with Crippen LogP contribution in [0.2, 0.25) is 0 Å². The van der Waals surface area contributed by atoms with Gasteiger partial charge in [0.05, 0.1) is 0 Å². The lowest BCUT2D eigenvalue weighted by molar-refractivity contribution is -0.148. The summed E-state index contributed by atoms with van der Waals surface area (Å²) in [5.74, 6) is -0.407. The third-order valence-electron chi connectivity index (χ3n) is 0.639. The minimum absolute atomic E-state index is 0.407. The first-order valence-corrected chi connectivity index (χ1v) is 3.07. The molecular formula is C7H13NO2. The first-order valence-electron chi connectivity index (χ1n) is 3.07. The highest BCUT2D eigenvalue weighted by atomic mass is 16.6. The highest BCUT2D eigenvalue weighted by Crippen LogP contribution is 2.06. The summed E-state index contributed by atoms with van der Waals surface area (Å²) in [6, 6.07) is 0. The van der Waals surface area contributed by atoms with Crippen molar-refractivity contribution in [3.63, 3.8) is 0 Å². The number of hydrogen-bond donors (Lipinski definition) is 1. The van der Waals surface area contributed by atoms with Crippen molar-refractivity contribution in [1.29, 1.82) is 0 Å². The molecule has 0 aromatic carbocycles. The van der Waals surface area contributed by atoms with Gasteiger partial charge in [-0.15, -0.1) is 0 Å². The van der Waals surface area contributed by atoms with E-state index >= 15 is 0 Å². The van der Waals surface area contributed by atoms with Gasteiger partial charge in [-0.25, -0.2) is 4.79 Å². The van der Waals surface area contributed by atoms with Crippen molar-refractivity contribution in [2.24, 2.45) is 5.73 Å². The van der Waals surface area contributed by atoms with Crippen LogP contribution in [-0.4, -0.2) is 11.6 Å². The van der Waals surface area contributed by atoms with Crippen LogP contribution in [0.25, 0.3) is 0 Å². The number of carbonyl (C=O) groups is 1. The van der Waals surface area contributed by atoms with Gasteiger partial charge in [0.25, 0.3) is 0 Å². The van der Waals surface area contributed by atoms with E-state index in [0.29, 0.717) is 0 Å². The second kappa shape index (κ2) is 3.25. The van der Waals surface area contributed by atoms with Crippen LogP contribution in [0.3, 0.4) is 0 Å². The minimum Gasteiger partial charge on any atom is -0.457 e. The molecule has 3 nitrogen and oxygen atoms in total. The average Bonchev–Trinajstić information content (AvgIpc) is 1.59. The molecule has 10 heavy (non-hydrogen) atoms. The fraction of sp³-hybridized carbons (Fsp3) is 0.571. The van der Waals surface area contributed by atoms with Crippen LogP contribution in [0.4, 0.5) is 0 Å². The molecule has 0 amide bonds. The van der Waals surface area contributed by atoms with Crippen molar-refractivity contribution >= 4 is 5.97 Å². The maximum atomic E-state index is 10.7. The van der Waals surface area contributed by atoms with E-state index in [2.05, 4.69) is 0 Å². The van der Waals surface area contributed by atoms with Crippen LogP contribution < -0.4 is 5.73 Å². The van der Waals surface area contributed by atoms with Gasteiger partial charge in [-0.1, -0.05) is 0 Å². The van der Waals surface area contributed by atoms with E-state index in [0.717, 1.165) is 6.20 Å². The van der Waals surface area contributed by atoms with Gasteiger partial charge < -0.3 is 10.5 Å². The lowest BCUT2D eigenvalue weighted by atomic mass is 10.2. The van der Waals surface area contributed by atoms with Crippen molar-refractivity contribution in [3.05, 3.63) is 12.3 Å². The number of nitrogens with two attached hydrogens (primary N) is 1. The van der Waals surface area contributed by atoms with Gasteiger partial charge in [0, 0.05) is 12.3 Å². The van der Waals surface area contributed by atoms with Crippen LogP contribution in [0.1, 0.15) is 20.8 Å². The minimum atomic E-state index is -0.434. The van der Waals surface area contributed by atoms with Crippen LogP contribution in [0, 0.1) is 0 Å². The van der Waals surface area contributed by atoms with Crippen molar-refractivity contribution in [2.45, 2.75) is 26.4 Å². The third kappa shape index (κ3) is 5.15. The monoisotopic (exact) mass is 143 g/mol. The molecule has 0 radical (unpaired) electrons. The van der Waals surface area contributed by atoms with Crippen molar-refractivity contribution in [2.75, 3.05) is 0 Å². The zero-order chi connectivity index (χ0) is 8.20. The highest BCUT2D eigenvalue weighted by Gasteiger charge is 2.13. The van der Waals surface area contributed by atoms with E-state index in [9.17, 15) is 4.79 Å². The number of ether oxygens (including phenoxy) is 1. The molecule has 3 heteroatoms. The maximum Gasteiger partial charge on any atom is 0.332 e. The molecule has 0 aliphatic carbocycles. The van der Waals surface area contributed by atoms with E-state index in [1.54, 1.807) is 20.8 Å². The average molecular weight is 143 g/mol. The molecule has 0 aliphatic heterocycles. The van der Waals surface area contributed by atoms with Crippen molar-refractivity contribution < 1.29 is 9.53 Å². The van der Waals surface area contributed by atoms with Crippen LogP contribution in [-0.2, 0) is 9.53 Å². The van der Waals surface area contributed by atoms with E-state index in [1.807, 2.05) is 0 Å². The highest BCUT2D eigenvalue weighted by molar-refractivity contribution is 5.82. The van der Waals surface area contributed by atoms with E-state index in [1.165, 1.54) is 6.08 Å². The summed E-state index contributed by atoms with van der Waals surface area (Å²) >= 11 is 0. The predicted octanol–water partition coefficient (Wildman–Crippen LogP) is 0.800. The van der Waals surface area contributed by atoms with E-state index in [4.69, 9.17) is 10.5 Å². The fourth-order valence-corrected chi connectivity index (χ4v) is 0.414. The van der Waals surface area contributed by atoms with Gasteiger partial charge >= 0.3 is 5.97 Å². The summed E-state index contributed by atoms with van der Waals surface area (Å²) in [5, 5.41) is 0. The molecule has 58 valence electrons. The Bertz CT molecular complexity index is 144. The van der Waals surface area contributed by atoms with Gasteiger partial charge in [0.2, 0.25) is 0 Å². The third-order valence-corrected chi connectivity index (χ3v) is 0.639. The van der Waals surface area contributed by atoms with Crippen LogP contribution in [0.15, 0.2) is 12.3 Å². The van der Waals surface area contributed by atoms with E-state index < -0.39 is 11.6 Å². The smallest absolute Gasteiger partial charge is 0.332 e. The Morgan fingerprint density at radius 3 is 2.30 bits per heavy atom. The Morgan fingerprint density at radius 1 is 1.50 bits per heavy atom. The zero-order valence-electron chi connectivity index (χ0n) is 6.55. The Labute approximate surface area is 60.9 Å². The van der Waals surface area contributed by atoms with Gasteiger partial charge in [-0.2, -0.15) is 0 Å². The molecule has 0 aromatic heterocycles. The van der Waals surface area contributed by atoms with Crippen molar-refractivity contribution in [3.8, 4) is 0 Å². The first-order chi connectivity index (χ1) is 4.45. The molecule has 0 heterocycles. The molecule has 0 fully saturated rings. The van der Waals surface area contributed by atoms with Crippen LogP contribution >= 0.6 is 0 Å². The van der Waals surface area contributed by atoms with E-state index in [-0.39, 0.29) is 0 Å². The molecule has 0 atom stereocenters. The number of esters is 1. The SMILES string of the molecule is CC(C)(C)OC(=O)C=CN. The zero-order valence-corrected chi connectivity index (χ0v) is 6.55.